The Morgan fingerprint density at radius 2 is 2.24 bits per heavy atom. The lowest BCUT2D eigenvalue weighted by atomic mass is 10.0. The van der Waals surface area contributed by atoms with Crippen LogP contribution in [0, 0.1) is 0 Å². The second-order valence-electron chi connectivity index (χ2n) is 5.74. The highest BCUT2D eigenvalue weighted by molar-refractivity contribution is 5.62. The van der Waals surface area contributed by atoms with Crippen LogP contribution in [-0.2, 0) is 0 Å². The first-order chi connectivity index (χ1) is 10.2. The minimum Gasteiger partial charge on any atom is -0.496 e. The summed E-state index contributed by atoms with van der Waals surface area (Å²) in [5, 5.41) is 3.59. The van der Waals surface area contributed by atoms with Gasteiger partial charge in [0.05, 0.1) is 7.11 Å². The topological polar surface area (TPSA) is 24.5 Å². The highest BCUT2D eigenvalue weighted by Crippen LogP contribution is 2.39. The Hall–Kier alpha value is -1.48. The van der Waals surface area contributed by atoms with Gasteiger partial charge in [-0.05, 0) is 44.9 Å². The molecule has 0 amide bonds. The first kappa shape index (κ1) is 15.9. The summed E-state index contributed by atoms with van der Waals surface area (Å²) in [4.78, 5) is 2.47. The average Bonchev–Trinajstić information content (AvgIpc) is 3.34. The molecule has 1 unspecified atom stereocenters. The minimum absolute atomic E-state index is 0.280. The molecule has 1 fully saturated rings. The average molecular weight is 288 g/mol. The molecule has 21 heavy (non-hydrogen) atoms. The van der Waals surface area contributed by atoms with Gasteiger partial charge < -0.3 is 15.0 Å². The van der Waals surface area contributed by atoms with Crippen LogP contribution in [0.4, 0.5) is 5.69 Å². The Labute approximate surface area is 129 Å². The van der Waals surface area contributed by atoms with Crippen molar-refractivity contribution in [3.05, 3.63) is 36.4 Å². The highest BCUT2D eigenvalue weighted by atomic mass is 16.5. The Morgan fingerprint density at radius 1 is 1.48 bits per heavy atom. The number of hydrogen-bond donors (Lipinski definition) is 1. The van der Waals surface area contributed by atoms with Gasteiger partial charge in [0.2, 0.25) is 0 Å². The van der Waals surface area contributed by atoms with Crippen LogP contribution in [0.25, 0.3) is 0 Å². The second-order valence-corrected chi connectivity index (χ2v) is 5.74. The number of benzene rings is 1. The molecule has 1 atom stereocenters. The van der Waals surface area contributed by atoms with Crippen molar-refractivity contribution >= 4 is 5.69 Å². The largest absolute Gasteiger partial charge is 0.496 e. The number of nitrogens with one attached hydrogen (secondary N) is 1. The lowest BCUT2D eigenvalue weighted by molar-refractivity contribution is 0.401. The Bertz CT molecular complexity index is 468. The molecule has 3 nitrogen and oxygen atoms in total. The number of rotatable bonds is 9. The summed E-state index contributed by atoms with van der Waals surface area (Å²) in [5.41, 5.74) is 2.55. The van der Waals surface area contributed by atoms with Gasteiger partial charge in [-0.25, -0.2) is 0 Å². The minimum atomic E-state index is 0.280. The Kier molecular flexibility index (Phi) is 5.68. The fourth-order valence-corrected chi connectivity index (χ4v) is 2.83. The van der Waals surface area contributed by atoms with Crippen LogP contribution in [0.5, 0.6) is 5.75 Å². The van der Waals surface area contributed by atoms with E-state index < -0.39 is 0 Å². The van der Waals surface area contributed by atoms with E-state index in [0.29, 0.717) is 6.04 Å². The third kappa shape index (κ3) is 3.79. The maximum atomic E-state index is 5.62. The molecule has 0 spiro atoms. The van der Waals surface area contributed by atoms with Crippen LogP contribution >= 0.6 is 0 Å². The summed E-state index contributed by atoms with van der Waals surface area (Å²) >= 11 is 0. The van der Waals surface area contributed by atoms with Gasteiger partial charge in [0, 0.05) is 29.9 Å². The van der Waals surface area contributed by atoms with Gasteiger partial charge in [0.1, 0.15) is 5.75 Å². The van der Waals surface area contributed by atoms with Gasteiger partial charge in [-0.1, -0.05) is 19.1 Å². The molecule has 1 aliphatic rings. The summed E-state index contributed by atoms with van der Waals surface area (Å²) in [5.74, 6) is 0.971. The molecule has 0 radical (unpaired) electrons. The van der Waals surface area contributed by atoms with E-state index in [4.69, 9.17) is 4.74 Å². The summed E-state index contributed by atoms with van der Waals surface area (Å²) in [6.45, 7) is 10.2. The second kappa shape index (κ2) is 7.51. The van der Waals surface area contributed by atoms with Crippen molar-refractivity contribution in [3.8, 4) is 5.75 Å². The van der Waals surface area contributed by atoms with Crippen molar-refractivity contribution < 1.29 is 4.74 Å². The predicted octanol–water partition coefficient (Wildman–Crippen LogP) is 3.91. The quantitative estimate of drug-likeness (QED) is 0.697. The van der Waals surface area contributed by atoms with Gasteiger partial charge in [-0.3, -0.25) is 0 Å². The first-order valence-corrected chi connectivity index (χ1v) is 8.00. The SMILES string of the molecule is C=CCN(c1cccc(OC)c1C(C)NCCC)C1CC1. The van der Waals surface area contributed by atoms with Crippen LogP contribution in [0.1, 0.15) is 44.7 Å². The fraction of sp³-hybridized carbons (Fsp3) is 0.556. The predicted molar refractivity (Wildman–Crippen MR) is 90.3 cm³/mol. The Morgan fingerprint density at radius 3 is 2.81 bits per heavy atom. The molecule has 0 aromatic heterocycles. The molecule has 0 heterocycles. The smallest absolute Gasteiger partial charge is 0.125 e. The van der Waals surface area contributed by atoms with E-state index in [1.807, 2.05) is 6.08 Å². The summed E-state index contributed by atoms with van der Waals surface area (Å²) in [7, 11) is 1.75. The molecule has 1 aliphatic carbocycles. The number of anilines is 1. The van der Waals surface area contributed by atoms with E-state index in [-0.39, 0.29) is 6.04 Å². The lowest BCUT2D eigenvalue weighted by Gasteiger charge is -2.29. The molecule has 1 N–H and O–H groups in total. The van der Waals surface area contributed by atoms with Crippen molar-refractivity contribution in [1.29, 1.82) is 0 Å². The third-order valence-electron chi connectivity index (χ3n) is 4.02. The van der Waals surface area contributed by atoms with E-state index in [9.17, 15) is 0 Å². The molecular weight excluding hydrogens is 260 g/mol. The molecular formula is C18H28N2O. The maximum Gasteiger partial charge on any atom is 0.125 e. The van der Waals surface area contributed by atoms with E-state index in [0.717, 1.165) is 25.3 Å². The van der Waals surface area contributed by atoms with Crippen LogP contribution in [-0.4, -0.2) is 26.2 Å². The fourth-order valence-electron chi connectivity index (χ4n) is 2.83. The van der Waals surface area contributed by atoms with Crippen LogP contribution < -0.4 is 15.0 Å². The normalized spacial score (nSPS) is 15.6. The van der Waals surface area contributed by atoms with Gasteiger partial charge in [0.15, 0.2) is 0 Å². The molecule has 1 aromatic rings. The molecule has 2 rings (SSSR count). The van der Waals surface area contributed by atoms with E-state index in [1.165, 1.54) is 24.1 Å². The highest BCUT2D eigenvalue weighted by Gasteiger charge is 2.31. The van der Waals surface area contributed by atoms with Gasteiger partial charge in [-0.2, -0.15) is 0 Å². The maximum absolute atomic E-state index is 5.62. The van der Waals surface area contributed by atoms with Crippen molar-refractivity contribution in [1.82, 2.24) is 5.32 Å². The van der Waals surface area contributed by atoms with Crippen LogP contribution in [0.15, 0.2) is 30.9 Å². The number of nitrogens with zero attached hydrogens (tertiary/aromatic N) is 1. The Balaban J connectivity index is 2.36. The van der Waals surface area contributed by atoms with Crippen molar-refractivity contribution in [2.75, 3.05) is 25.1 Å². The van der Waals surface area contributed by atoms with Gasteiger partial charge in [-0.15, -0.1) is 6.58 Å². The zero-order chi connectivity index (χ0) is 15.2. The molecule has 0 bridgehead atoms. The van der Waals surface area contributed by atoms with E-state index in [1.54, 1.807) is 7.11 Å². The molecule has 3 heteroatoms. The zero-order valence-corrected chi connectivity index (χ0v) is 13.6. The van der Waals surface area contributed by atoms with Crippen molar-refractivity contribution in [3.63, 3.8) is 0 Å². The van der Waals surface area contributed by atoms with Crippen LogP contribution in [0.3, 0.4) is 0 Å². The molecule has 116 valence electrons. The van der Waals surface area contributed by atoms with E-state index >= 15 is 0 Å². The monoisotopic (exact) mass is 288 g/mol. The zero-order valence-electron chi connectivity index (χ0n) is 13.6. The molecule has 1 aromatic carbocycles. The van der Waals surface area contributed by atoms with Gasteiger partial charge >= 0.3 is 0 Å². The number of ether oxygens (including phenoxy) is 1. The number of methoxy groups -OCH3 is 1. The summed E-state index contributed by atoms with van der Waals surface area (Å²) in [6.07, 6.45) is 5.68. The summed E-state index contributed by atoms with van der Waals surface area (Å²) < 4.78 is 5.62. The summed E-state index contributed by atoms with van der Waals surface area (Å²) in [6, 6.07) is 7.29. The third-order valence-corrected chi connectivity index (χ3v) is 4.02. The molecule has 0 aliphatic heterocycles. The lowest BCUT2D eigenvalue weighted by Crippen LogP contribution is -2.29. The van der Waals surface area contributed by atoms with Crippen molar-refractivity contribution in [2.45, 2.75) is 45.2 Å². The van der Waals surface area contributed by atoms with Crippen molar-refractivity contribution in [2.24, 2.45) is 0 Å². The van der Waals surface area contributed by atoms with Gasteiger partial charge in [0.25, 0.3) is 0 Å². The first-order valence-electron chi connectivity index (χ1n) is 8.00. The number of hydrogen-bond acceptors (Lipinski definition) is 3. The molecule has 1 saturated carbocycles. The van der Waals surface area contributed by atoms with E-state index in [2.05, 4.69) is 48.8 Å². The van der Waals surface area contributed by atoms with Crippen LogP contribution in [0.2, 0.25) is 0 Å². The molecule has 0 saturated heterocycles. The standard InChI is InChI=1S/C18H28N2O/c1-5-12-19-14(3)18-16(8-7-9-17(18)21-4)20(13-6-2)15-10-11-15/h6-9,14-15,19H,2,5,10-13H2,1,3-4H3.